The topological polar surface area (TPSA) is 12.0 Å². The van der Waals surface area contributed by atoms with Crippen LogP contribution >= 0.6 is 15.9 Å². The fourth-order valence-corrected chi connectivity index (χ4v) is 2.48. The molecular formula is C16H9BrF9N. The van der Waals surface area contributed by atoms with Gasteiger partial charge in [0.25, 0.3) is 0 Å². The maximum Gasteiger partial charge on any atom is 0.416 e. The molecule has 2 aromatic rings. The summed E-state index contributed by atoms with van der Waals surface area (Å²) in [5, 5.41) is 1.74. The Morgan fingerprint density at radius 1 is 0.704 bits per heavy atom. The van der Waals surface area contributed by atoms with Crippen molar-refractivity contribution in [3.05, 3.63) is 63.6 Å². The fraction of sp³-hybridized carbons (Fsp3) is 0.250. The zero-order valence-corrected chi connectivity index (χ0v) is 14.5. The Morgan fingerprint density at radius 3 is 1.52 bits per heavy atom. The molecule has 27 heavy (non-hydrogen) atoms. The normalized spacial score (nSPS) is 14.1. The molecule has 0 saturated heterocycles. The van der Waals surface area contributed by atoms with E-state index >= 15 is 0 Å². The Hall–Kier alpha value is -1.91. The van der Waals surface area contributed by atoms with Crippen LogP contribution in [0.15, 0.2) is 46.9 Å². The highest BCUT2D eigenvalue weighted by atomic mass is 79.9. The van der Waals surface area contributed by atoms with Gasteiger partial charge >= 0.3 is 18.5 Å². The van der Waals surface area contributed by atoms with E-state index in [2.05, 4.69) is 15.9 Å². The van der Waals surface area contributed by atoms with Crippen molar-refractivity contribution in [2.45, 2.75) is 24.6 Å². The highest BCUT2D eigenvalue weighted by Crippen LogP contribution is 2.40. The second kappa shape index (κ2) is 7.25. The second-order valence-electron chi connectivity index (χ2n) is 5.47. The maximum absolute atomic E-state index is 13.3. The number of alkyl halides is 9. The van der Waals surface area contributed by atoms with E-state index in [-0.39, 0.29) is 23.8 Å². The first kappa shape index (κ1) is 21.4. The Balaban J connectivity index is 2.52. The van der Waals surface area contributed by atoms with Crippen LogP contribution in [0.3, 0.4) is 0 Å². The van der Waals surface area contributed by atoms with Crippen molar-refractivity contribution < 1.29 is 39.5 Å². The SMILES string of the molecule is FC(F)(F)c1cc(N[C@H](c2ccc(Br)cc2)C(F)(F)F)cc(C(F)(F)F)c1. The molecule has 1 nitrogen and oxygen atoms in total. The third kappa shape index (κ3) is 5.53. The molecule has 0 heterocycles. The largest absolute Gasteiger partial charge is 0.416 e. The second-order valence-corrected chi connectivity index (χ2v) is 6.38. The van der Waals surface area contributed by atoms with Gasteiger partial charge in [-0.2, -0.15) is 39.5 Å². The number of anilines is 1. The summed E-state index contributed by atoms with van der Waals surface area (Å²) in [7, 11) is 0. The molecule has 0 unspecified atom stereocenters. The van der Waals surface area contributed by atoms with E-state index in [4.69, 9.17) is 0 Å². The minimum absolute atomic E-state index is 0.159. The van der Waals surface area contributed by atoms with E-state index in [0.29, 0.717) is 4.47 Å². The van der Waals surface area contributed by atoms with Crippen molar-refractivity contribution in [3.8, 4) is 0 Å². The van der Waals surface area contributed by atoms with Gasteiger partial charge in [-0.3, -0.25) is 0 Å². The zero-order valence-electron chi connectivity index (χ0n) is 12.9. The summed E-state index contributed by atoms with van der Waals surface area (Å²) in [5.74, 6) is 0. The van der Waals surface area contributed by atoms with Crippen LogP contribution in [0, 0.1) is 0 Å². The van der Waals surface area contributed by atoms with E-state index in [1.165, 1.54) is 12.1 Å². The average molecular weight is 466 g/mol. The van der Waals surface area contributed by atoms with Crippen molar-refractivity contribution in [1.29, 1.82) is 0 Å². The molecule has 0 amide bonds. The lowest BCUT2D eigenvalue weighted by Gasteiger charge is -2.24. The lowest BCUT2D eigenvalue weighted by atomic mass is 10.0. The molecule has 0 bridgehead atoms. The van der Waals surface area contributed by atoms with Gasteiger partial charge in [-0.05, 0) is 35.9 Å². The lowest BCUT2D eigenvalue weighted by Crippen LogP contribution is -2.28. The van der Waals surface area contributed by atoms with Crippen LogP contribution in [0.25, 0.3) is 0 Å². The van der Waals surface area contributed by atoms with Gasteiger partial charge in [0.15, 0.2) is 0 Å². The van der Waals surface area contributed by atoms with Crippen molar-refractivity contribution in [2.75, 3.05) is 5.32 Å². The fourth-order valence-electron chi connectivity index (χ4n) is 2.21. The first-order chi connectivity index (χ1) is 12.2. The van der Waals surface area contributed by atoms with Crippen molar-refractivity contribution in [2.24, 2.45) is 0 Å². The molecule has 0 aliphatic heterocycles. The van der Waals surface area contributed by atoms with E-state index in [1.807, 2.05) is 0 Å². The highest BCUT2D eigenvalue weighted by Gasteiger charge is 2.42. The number of hydrogen-bond donors (Lipinski definition) is 1. The smallest absolute Gasteiger partial charge is 0.370 e. The van der Waals surface area contributed by atoms with Crippen molar-refractivity contribution in [1.82, 2.24) is 0 Å². The molecule has 148 valence electrons. The Bertz CT molecular complexity index is 759. The first-order valence-corrected chi connectivity index (χ1v) is 7.85. The monoisotopic (exact) mass is 465 g/mol. The van der Waals surface area contributed by atoms with Crippen LogP contribution in [-0.4, -0.2) is 6.18 Å². The van der Waals surface area contributed by atoms with Gasteiger partial charge in [0.1, 0.15) is 6.04 Å². The first-order valence-electron chi connectivity index (χ1n) is 7.06. The predicted molar refractivity (Wildman–Crippen MR) is 83.0 cm³/mol. The maximum atomic E-state index is 13.3. The lowest BCUT2D eigenvalue weighted by molar-refractivity contribution is -0.144. The summed E-state index contributed by atoms with van der Waals surface area (Å²) < 4.78 is 118. The van der Waals surface area contributed by atoms with Crippen LogP contribution in [0.5, 0.6) is 0 Å². The Labute approximate surface area is 155 Å². The highest BCUT2D eigenvalue weighted by molar-refractivity contribution is 9.10. The van der Waals surface area contributed by atoms with Gasteiger partial charge in [-0.1, -0.05) is 28.1 Å². The van der Waals surface area contributed by atoms with Crippen molar-refractivity contribution in [3.63, 3.8) is 0 Å². The predicted octanol–water partition coefficient (Wildman–Crippen LogP) is 7.20. The molecule has 2 aromatic carbocycles. The number of halogens is 10. The summed E-state index contributed by atoms with van der Waals surface area (Å²) in [6, 6.07) is 2.37. The Kier molecular flexibility index (Phi) is 5.74. The number of benzene rings is 2. The zero-order chi connectivity index (χ0) is 20.6. The summed E-state index contributed by atoms with van der Waals surface area (Å²) >= 11 is 3.02. The summed E-state index contributed by atoms with van der Waals surface area (Å²) in [5.41, 5.74) is -4.76. The molecule has 2 rings (SSSR count). The van der Waals surface area contributed by atoms with Gasteiger partial charge < -0.3 is 5.32 Å². The molecule has 0 aliphatic carbocycles. The van der Waals surface area contributed by atoms with E-state index < -0.39 is 41.4 Å². The number of nitrogens with one attached hydrogen (secondary N) is 1. The van der Waals surface area contributed by atoms with Crippen LogP contribution in [0.2, 0.25) is 0 Å². The van der Waals surface area contributed by atoms with Crippen LogP contribution in [0.1, 0.15) is 22.7 Å². The molecule has 0 aliphatic rings. The summed E-state index contributed by atoms with van der Waals surface area (Å²) in [6.45, 7) is 0. The van der Waals surface area contributed by atoms with Crippen molar-refractivity contribution >= 4 is 21.6 Å². The molecular weight excluding hydrogens is 457 g/mol. The molecule has 0 radical (unpaired) electrons. The summed E-state index contributed by atoms with van der Waals surface area (Å²) in [6.07, 6.45) is -15.3. The standard InChI is InChI=1S/C16H9BrF9N/c17-11-3-1-8(2-4-11)13(16(24,25)26)27-12-6-9(14(18,19)20)5-10(7-12)15(21,22)23/h1-7,13,27H/t13-/m1/s1. The van der Waals surface area contributed by atoms with Gasteiger partial charge in [-0.25, -0.2) is 0 Å². The Morgan fingerprint density at radius 2 is 1.15 bits per heavy atom. The minimum atomic E-state index is -5.16. The molecule has 0 aromatic heterocycles. The molecule has 1 N–H and O–H groups in total. The number of rotatable bonds is 3. The van der Waals surface area contributed by atoms with Crippen LogP contribution in [0.4, 0.5) is 45.2 Å². The molecule has 1 atom stereocenters. The molecule has 0 fully saturated rings. The van der Waals surface area contributed by atoms with Gasteiger partial charge in [0.2, 0.25) is 0 Å². The quantitative estimate of drug-likeness (QED) is 0.472. The van der Waals surface area contributed by atoms with Gasteiger partial charge in [0.05, 0.1) is 11.1 Å². The van der Waals surface area contributed by atoms with Crippen LogP contribution in [-0.2, 0) is 12.4 Å². The molecule has 0 spiro atoms. The average Bonchev–Trinajstić information content (AvgIpc) is 2.50. The van der Waals surface area contributed by atoms with Crippen LogP contribution < -0.4 is 5.32 Å². The molecule has 11 heteroatoms. The number of hydrogen-bond acceptors (Lipinski definition) is 1. The summed E-state index contributed by atoms with van der Waals surface area (Å²) in [4.78, 5) is 0. The van der Waals surface area contributed by atoms with Gasteiger partial charge in [0, 0.05) is 10.2 Å². The molecule has 0 saturated carbocycles. The third-order valence-electron chi connectivity index (χ3n) is 3.43. The van der Waals surface area contributed by atoms with E-state index in [9.17, 15) is 39.5 Å². The van der Waals surface area contributed by atoms with E-state index in [1.54, 1.807) is 5.32 Å². The third-order valence-corrected chi connectivity index (χ3v) is 3.96. The minimum Gasteiger partial charge on any atom is -0.370 e. The van der Waals surface area contributed by atoms with E-state index in [0.717, 1.165) is 12.1 Å². The van der Waals surface area contributed by atoms with Gasteiger partial charge in [-0.15, -0.1) is 0 Å².